The van der Waals surface area contributed by atoms with Crippen LogP contribution in [-0.2, 0) is 11.0 Å². The van der Waals surface area contributed by atoms with E-state index in [9.17, 15) is 13.2 Å². The van der Waals surface area contributed by atoms with Gasteiger partial charge in [0.2, 0.25) is 0 Å². The van der Waals surface area contributed by atoms with Crippen LogP contribution in [-0.4, -0.2) is 22.4 Å². The Morgan fingerprint density at radius 1 is 1.00 bits per heavy atom. The molecule has 30 heavy (non-hydrogen) atoms. The second-order valence-corrected chi connectivity index (χ2v) is 6.77. The molecule has 0 aliphatic carbocycles. The summed E-state index contributed by atoms with van der Waals surface area (Å²) in [5.74, 6) is 0. The van der Waals surface area contributed by atoms with Gasteiger partial charge in [-0.3, -0.25) is 4.57 Å². The molecule has 0 radical (unpaired) electrons. The van der Waals surface area contributed by atoms with Crippen LogP contribution in [0.15, 0.2) is 78.2 Å². The van der Waals surface area contributed by atoms with Gasteiger partial charge in [0.25, 0.3) is 0 Å². The Morgan fingerprint density at radius 2 is 1.80 bits per heavy atom. The molecule has 0 saturated heterocycles. The second-order valence-electron chi connectivity index (χ2n) is 6.77. The Kier molecular flexibility index (Phi) is 5.03. The topological polar surface area (TPSA) is 39.4 Å². The number of hydrogen-bond donors (Lipinski definition) is 0. The van der Waals surface area contributed by atoms with Crippen molar-refractivity contribution < 1.29 is 18.0 Å². The summed E-state index contributed by atoms with van der Waals surface area (Å²) >= 11 is 0. The third-order valence-electron chi connectivity index (χ3n) is 4.85. The molecule has 0 saturated carbocycles. The van der Waals surface area contributed by atoms with Crippen LogP contribution in [0.1, 0.15) is 18.1 Å². The van der Waals surface area contributed by atoms with E-state index in [1.807, 2.05) is 55.5 Å². The van der Waals surface area contributed by atoms with E-state index < -0.39 is 11.7 Å². The van der Waals surface area contributed by atoms with E-state index in [1.54, 1.807) is 4.57 Å². The molecule has 4 nitrogen and oxygen atoms in total. The molecule has 3 aromatic carbocycles. The van der Waals surface area contributed by atoms with Crippen LogP contribution < -0.4 is 0 Å². The van der Waals surface area contributed by atoms with E-state index in [0.29, 0.717) is 11.0 Å². The third-order valence-corrected chi connectivity index (χ3v) is 4.85. The number of fused-ring (bicyclic) bond motifs is 1. The molecule has 0 aliphatic rings. The molecule has 0 spiro atoms. The smallest absolute Gasteiger partial charge is 0.399 e. The predicted molar refractivity (Wildman–Crippen MR) is 111 cm³/mol. The summed E-state index contributed by atoms with van der Waals surface area (Å²) in [6.45, 7) is 1.87. The van der Waals surface area contributed by atoms with Crippen LogP contribution in [0.4, 0.5) is 13.2 Å². The number of rotatable bonds is 4. The normalized spacial score (nSPS) is 12.4. The van der Waals surface area contributed by atoms with Crippen molar-refractivity contribution >= 4 is 16.7 Å². The number of oxime groups is 1. The first-order chi connectivity index (χ1) is 14.4. The van der Waals surface area contributed by atoms with Crippen molar-refractivity contribution in [1.29, 1.82) is 0 Å². The summed E-state index contributed by atoms with van der Waals surface area (Å²) < 4.78 is 40.7. The molecule has 0 bridgehead atoms. The van der Waals surface area contributed by atoms with Gasteiger partial charge in [-0.15, -0.1) is 0 Å². The van der Waals surface area contributed by atoms with Crippen molar-refractivity contribution in [3.63, 3.8) is 0 Å². The highest BCUT2D eigenvalue weighted by Crippen LogP contribution is 2.32. The molecule has 4 rings (SSSR count). The minimum Gasteiger partial charge on any atom is -0.399 e. The Morgan fingerprint density at radius 3 is 2.57 bits per heavy atom. The van der Waals surface area contributed by atoms with E-state index in [-0.39, 0.29) is 0 Å². The number of alkyl halides is 3. The molecular weight excluding hydrogens is 391 g/mol. The van der Waals surface area contributed by atoms with Gasteiger partial charge in [-0.1, -0.05) is 41.6 Å². The summed E-state index contributed by atoms with van der Waals surface area (Å²) in [6, 6.07) is 19.1. The lowest BCUT2D eigenvalue weighted by molar-refractivity contribution is -0.137. The number of benzene rings is 3. The third kappa shape index (κ3) is 3.66. The van der Waals surface area contributed by atoms with Gasteiger partial charge in [-0.2, -0.15) is 13.2 Å². The van der Waals surface area contributed by atoms with Gasteiger partial charge in [0.15, 0.2) is 0 Å². The summed E-state index contributed by atoms with van der Waals surface area (Å²) in [4.78, 5) is 9.08. The van der Waals surface area contributed by atoms with E-state index in [1.165, 1.54) is 19.5 Å². The van der Waals surface area contributed by atoms with Crippen molar-refractivity contribution in [3.8, 4) is 16.8 Å². The molecule has 152 valence electrons. The first-order valence-electron chi connectivity index (χ1n) is 9.21. The van der Waals surface area contributed by atoms with Gasteiger partial charge >= 0.3 is 6.18 Å². The number of aromatic nitrogens is 2. The summed E-state index contributed by atoms with van der Waals surface area (Å²) in [5.41, 5.74) is 4.57. The highest BCUT2D eigenvalue weighted by molar-refractivity contribution is 6.04. The molecule has 0 N–H and O–H groups in total. The first-order valence-corrected chi connectivity index (χ1v) is 9.21. The van der Waals surface area contributed by atoms with Crippen molar-refractivity contribution in [1.82, 2.24) is 9.55 Å². The SMILES string of the molecule is CON=C(C)c1ccccc1-c1cccc(-n2cnc3cc(C(F)(F)F)ccc32)c1. The molecule has 1 heterocycles. The predicted octanol–water partition coefficient (Wildman–Crippen LogP) is 6.08. The lowest BCUT2D eigenvalue weighted by Crippen LogP contribution is -2.04. The van der Waals surface area contributed by atoms with Crippen LogP contribution in [0.3, 0.4) is 0 Å². The average Bonchev–Trinajstić information content (AvgIpc) is 3.17. The molecule has 0 unspecified atom stereocenters. The average molecular weight is 409 g/mol. The van der Waals surface area contributed by atoms with Gasteiger partial charge in [0.05, 0.1) is 22.3 Å². The summed E-state index contributed by atoms with van der Waals surface area (Å²) in [7, 11) is 1.50. The number of nitrogens with zero attached hydrogens (tertiary/aromatic N) is 3. The second kappa shape index (κ2) is 7.67. The fraction of sp³-hybridized carbons (Fsp3) is 0.130. The lowest BCUT2D eigenvalue weighted by atomic mass is 9.97. The molecule has 0 aliphatic heterocycles. The molecule has 4 aromatic rings. The van der Waals surface area contributed by atoms with Gasteiger partial charge in [0, 0.05) is 11.3 Å². The maximum absolute atomic E-state index is 13.0. The van der Waals surface area contributed by atoms with E-state index in [2.05, 4.69) is 10.1 Å². The lowest BCUT2D eigenvalue weighted by Gasteiger charge is -2.12. The van der Waals surface area contributed by atoms with Gasteiger partial charge in [-0.05, 0) is 48.4 Å². The molecule has 1 aromatic heterocycles. The van der Waals surface area contributed by atoms with E-state index >= 15 is 0 Å². The van der Waals surface area contributed by atoms with Crippen LogP contribution in [0.5, 0.6) is 0 Å². The van der Waals surface area contributed by atoms with Crippen molar-refractivity contribution in [2.45, 2.75) is 13.1 Å². The quantitative estimate of drug-likeness (QED) is 0.303. The number of imidazole rings is 1. The zero-order valence-corrected chi connectivity index (χ0v) is 16.3. The molecule has 0 fully saturated rings. The highest BCUT2D eigenvalue weighted by Gasteiger charge is 2.30. The van der Waals surface area contributed by atoms with Crippen LogP contribution >= 0.6 is 0 Å². The fourth-order valence-electron chi connectivity index (χ4n) is 3.45. The highest BCUT2D eigenvalue weighted by atomic mass is 19.4. The summed E-state index contributed by atoms with van der Waals surface area (Å²) in [5, 5.41) is 4.03. The van der Waals surface area contributed by atoms with Gasteiger partial charge in [0.1, 0.15) is 13.4 Å². The first kappa shape index (κ1) is 19.7. The number of halogens is 3. The van der Waals surface area contributed by atoms with Gasteiger partial charge < -0.3 is 4.84 Å². The fourth-order valence-corrected chi connectivity index (χ4v) is 3.45. The van der Waals surface area contributed by atoms with E-state index in [0.717, 1.165) is 40.2 Å². The van der Waals surface area contributed by atoms with Crippen molar-refractivity contribution in [2.75, 3.05) is 7.11 Å². The Bertz CT molecular complexity index is 1240. The molecule has 7 heteroatoms. The van der Waals surface area contributed by atoms with Crippen molar-refractivity contribution in [2.24, 2.45) is 5.16 Å². The minimum absolute atomic E-state index is 0.290. The molecular formula is C23H18F3N3O. The molecule has 0 amide bonds. The van der Waals surface area contributed by atoms with Crippen LogP contribution in [0.25, 0.3) is 27.8 Å². The van der Waals surface area contributed by atoms with Gasteiger partial charge in [-0.25, -0.2) is 4.98 Å². The monoisotopic (exact) mass is 409 g/mol. The largest absolute Gasteiger partial charge is 0.416 e. The van der Waals surface area contributed by atoms with Crippen LogP contribution in [0, 0.1) is 0 Å². The summed E-state index contributed by atoms with van der Waals surface area (Å²) in [6.07, 6.45) is -2.86. The van der Waals surface area contributed by atoms with E-state index in [4.69, 9.17) is 4.84 Å². The Labute approximate surface area is 171 Å². The maximum atomic E-state index is 13.0. The van der Waals surface area contributed by atoms with Crippen molar-refractivity contribution in [3.05, 3.63) is 84.2 Å². The molecule has 0 atom stereocenters. The zero-order chi connectivity index (χ0) is 21.3. The van der Waals surface area contributed by atoms with Crippen LogP contribution in [0.2, 0.25) is 0 Å². The Balaban J connectivity index is 1.80. The number of hydrogen-bond acceptors (Lipinski definition) is 3. The standard InChI is InChI=1S/C23H18F3N3O/c1-15(28-30-2)19-8-3-4-9-20(19)16-6-5-7-18(12-16)29-14-27-21-13-17(23(24,25)26)10-11-22(21)29/h3-14H,1-2H3. The minimum atomic E-state index is -4.40. The maximum Gasteiger partial charge on any atom is 0.416 e. The Hall–Kier alpha value is -3.61. The zero-order valence-electron chi connectivity index (χ0n) is 16.3.